The number of alkyl halides is 1. The molecule has 0 unspecified atom stereocenters. The van der Waals surface area contributed by atoms with Gasteiger partial charge in [0.1, 0.15) is 6.29 Å². The van der Waals surface area contributed by atoms with E-state index in [0.717, 1.165) is 17.4 Å². The highest BCUT2D eigenvalue weighted by Gasteiger charge is 2.11. The molecule has 0 atom stereocenters. The van der Waals surface area contributed by atoms with Gasteiger partial charge in [-0.05, 0) is 23.6 Å². The summed E-state index contributed by atoms with van der Waals surface area (Å²) in [6, 6.07) is 5.30. The van der Waals surface area contributed by atoms with E-state index in [-0.39, 0.29) is 5.97 Å². The predicted molar refractivity (Wildman–Crippen MR) is 61.7 cm³/mol. The average Bonchev–Trinajstić information content (AvgIpc) is 2.34. The molecule has 0 N–H and O–H groups in total. The van der Waals surface area contributed by atoms with Crippen LogP contribution in [0.25, 0.3) is 0 Å². The molecule has 0 aliphatic rings. The standard InChI is InChI=1S/C12H13ClO3/c1-16-12(15)11-5-4-9(8-13)7-10(11)3-2-6-14/h4-7H,2-3,8H2,1H3. The minimum Gasteiger partial charge on any atom is -0.465 e. The zero-order valence-corrected chi connectivity index (χ0v) is 9.79. The van der Waals surface area contributed by atoms with E-state index in [1.165, 1.54) is 7.11 Å². The van der Waals surface area contributed by atoms with Gasteiger partial charge in [-0.2, -0.15) is 0 Å². The molecule has 1 aromatic carbocycles. The third-order valence-electron chi connectivity index (χ3n) is 2.26. The van der Waals surface area contributed by atoms with Crippen molar-refractivity contribution >= 4 is 23.9 Å². The maximum atomic E-state index is 11.5. The Morgan fingerprint density at radius 3 is 2.81 bits per heavy atom. The first kappa shape index (κ1) is 12.7. The molecule has 4 heteroatoms. The summed E-state index contributed by atoms with van der Waals surface area (Å²) in [6.45, 7) is 0. The van der Waals surface area contributed by atoms with Crippen molar-refractivity contribution in [3.8, 4) is 0 Å². The Morgan fingerprint density at radius 1 is 1.50 bits per heavy atom. The fourth-order valence-electron chi connectivity index (χ4n) is 1.46. The van der Waals surface area contributed by atoms with Gasteiger partial charge in [0.15, 0.2) is 0 Å². The number of methoxy groups -OCH3 is 1. The summed E-state index contributed by atoms with van der Waals surface area (Å²) in [5, 5.41) is 0. The number of aldehydes is 1. The number of rotatable bonds is 5. The highest BCUT2D eigenvalue weighted by Crippen LogP contribution is 2.16. The Labute approximate surface area is 99.4 Å². The summed E-state index contributed by atoms with van der Waals surface area (Å²) in [5.41, 5.74) is 2.23. The van der Waals surface area contributed by atoms with Crippen molar-refractivity contribution in [2.75, 3.05) is 7.11 Å². The van der Waals surface area contributed by atoms with E-state index in [4.69, 9.17) is 11.6 Å². The molecule has 0 fully saturated rings. The number of benzene rings is 1. The van der Waals surface area contributed by atoms with E-state index in [1.54, 1.807) is 12.1 Å². The number of hydrogen-bond donors (Lipinski definition) is 0. The Kier molecular flexibility index (Phi) is 4.99. The lowest BCUT2D eigenvalue weighted by Crippen LogP contribution is -2.06. The second-order valence-corrected chi connectivity index (χ2v) is 3.59. The number of ether oxygens (including phenoxy) is 1. The lowest BCUT2D eigenvalue weighted by molar-refractivity contribution is -0.107. The van der Waals surface area contributed by atoms with E-state index in [0.29, 0.717) is 24.3 Å². The van der Waals surface area contributed by atoms with Gasteiger partial charge in [-0.15, -0.1) is 11.6 Å². The van der Waals surface area contributed by atoms with Gasteiger partial charge in [0.25, 0.3) is 0 Å². The van der Waals surface area contributed by atoms with Crippen molar-refractivity contribution < 1.29 is 14.3 Å². The molecule has 0 aliphatic heterocycles. The van der Waals surface area contributed by atoms with Crippen LogP contribution in [0, 0.1) is 0 Å². The minimum absolute atomic E-state index is 0.384. The first-order chi connectivity index (χ1) is 7.72. The normalized spacial score (nSPS) is 9.88. The van der Waals surface area contributed by atoms with Crippen LogP contribution in [-0.4, -0.2) is 19.4 Å². The predicted octanol–water partition coefficient (Wildman–Crippen LogP) is 2.34. The third kappa shape index (κ3) is 3.07. The summed E-state index contributed by atoms with van der Waals surface area (Å²) in [5.74, 6) is -0.00255. The van der Waals surface area contributed by atoms with E-state index < -0.39 is 0 Å². The van der Waals surface area contributed by atoms with Crippen molar-refractivity contribution in [1.82, 2.24) is 0 Å². The number of halogens is 1. The SMILES string of the molecule is COC(=O)c1ccc(CCl)cc1CCC=O. The van der Waals surface area contributed by atoms with Crippen molar-refractivity contribution in [1.29, 1.82) is 0 Å². The van der Waals surface area contributed by atoms with E-state index >= 15 is 0 Å². The average molecular weight is 241 g/mol. The second-order valence-electron chi connectivity index (χ2n) is 3.32. The summed E-state index contributed by atoms with van der Waals surface area (Å²) >= 11 is 5.71. The molecule has 0 heterocycles. The Balaban J connectivity index is 3.05. The number of aryl methyl sites for hydroxylation is 1. The third-order valence-corrected chi connectivity index (χ3v) is 2.57. The van der Waals surface area contributed by atoms with E-state index in [1.807, 2.05) is 6.07 Å². The minimum atomic E-state index is -0.387. The van der Waals surface area contributed by atoms with Crippen LogP contribution in [0.3, 0.4) is 0 Å². The fourth-order valence-corrected chi connectivity index (χ4v) is 1.63. The summed E-state index contributed by atoms with van der Waals surface area (Å²) in [4.78, 5) is 21.8. The van der Waals surface area contributed by atoms with Crippen LogP contribution >= 0.6 is 11.6 Å². The summed E-state index contributed by atoms with van der Waals surface area (Å²) < 4.78 is 4.67. The van der Waals surface area contributed by atoms with Gasteiger partial charge >= 0.3 is 5.97 Å². The molecule has 0 aliphatic carbocycles. The van der Waals surface area contributed by atoms with Gasteiger partial charge in [-0.3, -0.25) is 0 Å². The number of carbonyl (C=O) groups excluding carboxylic acids is 2. The van der Waals surface area contributed by atoms with Crippen molar-refractivity contribution in [2.24, 2.45) is 0 Å². The summed E-state index contributed by atoms with van der Waals surface area (Å²) in [7, 11) is 1.33. The monoisotopic (exact) mass is 240 g/mol. The van der Waals surface area contributed by atoms with E-state index in [2.05, 4.69) is 4.74 Å². The highest BCUT2D eigenvalue weighted by atomic mass is 35.5. The van der Waals surface area contributed by atoms with Crippen LogP contribution in [0.5, 0.6) is 0 Å². The first-order valence-corrected chi connectivity index (χ1v) is 5.46. The molecule has 0 saturated carbocycles. The summed E-state index contributed by atoms with van der Waals surface area (Å²) in [6.07, 6.45) is 1.74. The highest BCUT2D eigenvalue weighted by molar-refractivity contribution is 6.17. The Bertz CT molecular complexity index is 388. The van der Waals surface area contributed by atoms with Gasteiger partial charge in [0.2, 0.25) is 0 Å². The van der Waals surface area contributed by atoms with Crippen LogP contribution in [0.1, 0.15) is 27.9 Å². The van der Waals surface area contributed by atoms with Crippen LogP contribution in [0.15, 0.2) is 18.2 Å². The number of esters is 1. The van der Waals surface area contributed by atoms with E-state index in [9.17, 15) is 9.59 Å². The van der Waals surface area contributed by atoms with Gasteiger partial charge in [0, 0.05) is 12.3 Å². The molecule has 3 nitrogen and oxygen atoms in total. The molecular formula is C12H13ClO3. The molecule has 0 amide bonds. The van der Waals surface area contributed by atoms with Gasteiger partial charge in [-0.1, -0.05) is 12.1 Å². The molecule has 0 aromatic heterocycles. The fraction of sp³-hybridized carbons (Fsp3) is 0.333. The van der Waals surface area contributed by atoms with Crippen molar-refractivity contribution in [3.05, 3.63) is 34.9 Å². The van der Waals surface area contributed by atoms with Crippen LogP contribution < -0.4 is 0 Å². The zero-order valence-electron chi connectivity index (χ0n) is 9.03. The largest absolute Gasteiger partial charge is 0.465 e. The maximum absolute atomic E-state index is 11.5. The Morgan fingerprint density at radius 2 is 2.25 bits per heavy atom. The smallest absolute Gasteiger partial charge is 0.338 e. The lowest BCUT2D eigenvalue weighted by Gasteiger charge is -2.08. The Hall–Kier alpha value is -1.35. The molecule has 1 rings (SSSR count). The van der Waals surface area contributed by atoms with Gasteiger partial charge < -0.3 is 9.53 Å². The molecule has 1 aromatic rings. The van der Waals surface area contributed by atoms with Crippen LogP contribution in [0.2, 0.25) is 0 Å². The van der Waals surface area contributed by atoms with Crippen molar-refractivity contribution in [2.45, 2.75) is 18.7 Å². The van der Waals surface area contributed by atoms with Crippen LogP contribution in [0.4, 0.5) is 0 Å². The molecule has 16 heavy (non-hydrogen) atoms. The van der Waals surface area contributed by atoms with Gasteiger partial charge in [0.05, 0.1) is 12.7 Å². The van der Waals surface area contributed by atoms with Crippen LogP contribution in [-0.2, 0) is 21.8 Å². The molecular weight excluding hydrogens is 228 g/mol. The maximum Gasteiger partial charge on any atom is 0.338 e. The lowest BCUT2D eigenvalue weighted by atomic mass is 10.0. The number of carbonyl (C=O) groups is 2. The molecule has 0 saturated heterocycles. The molecule has 0 radical (unpaired) electrons. The molecule has 0 spiro atoms. The molecule has 0 bridgehead atoms. The first-order valence-electron chi connectivity index (χ1n) is 4.92. The van der Waals surface area contributed by atoms with Crippen molar-refractivity contribution in [3.63, 3.8) is 0 Å². The van der Waals surface area contributed by atoms with Gasteiger partial charge in [-0.25, -0.2) is 4.79 Å². The second kappa shape index (κ2) is 6.28. The topological polar surface area (TPSA) is 43.4 Å². The molecule has 86 valence electrons. The quantitative estimate of drug-likeness (QED) is 0.451. The zero-order chi connectivity index (χ0) is 12.0. The number of hydrogen-bond acceptors (Lipinski definition) is 3.